The fourth-order valence-electron chi connectivity index (χ4n) is 2.69. The molecule has 1 amide bonds. The summed E-state index contributed by atoms with van der Waals surface area (Å²) >= 11 is 0. The first-order chi connectivity index (χ1) is 11.8. The number of aliphatic imine (C=N–C) groups is 1. The van der Waals surface area contributed by atoms with Gasteiger partial charge in [0.05, 0.1) is 0 Å². The maximum absolute atomic E-state index is 12.8. The number of carbonyl (C=O) groups is 1. The monoisotopic (exact) mass is 339 g/mol. The smallest absolute Gasteiger partial charge is 0.269 e. The highest BCUT2D eigenvalue weighted by molar-refractivity contribution is 5.99. The fourth-order valence-corrected chi connectivity index (χ4v) is 2.69. The molecule has 0 bridgehead atoms. The van der Waals surface area contributed by atoms with Crippen molar-refractivity contribution >= 4 is 23.2 Å². The average molecular weight is 339 g/mol. The van der Waals surface area contributed by atoms with Crippen molar-refractivity contribution in [3.05, 3.63) is 58.7 Å². The van der Waals surface area contributed by atoms with Crippen LogP contribution in [-0.4, -0.2) is 18.0 Å². The van der Waals surface area contributed by atoms with Crippen LogP contribution in [0.5, 0.6) is 0 Å². The second kappa shape index (κ2) is 7.70. The lowest BCUT2D eigenvalue weighted by Gasteiger charge is -2.20. The van der Waals surface area contributed by atoms with Crippen molar-refractivity contribution in [1.82, 2.24) is 0 Å². The third-order valence-electron chi connectivity index (χ3n) is 4.02. The summed E-state index contributed by atoms with van der Waals surface area (Å²) in [4.78, 5) is 16.8. The SMILES string of the molecule is Cc1cccc(C)c1NC(=O)C(N=C(N)N)Nc1c(C)cccc1C. The normalized spacial score (nSPS) is 11.5. The summed E-state index contributed by atoms with van der Waals surface area (Å²) in [6.07, 6.45) is -0.927. The van der Waals surface area contributed by atoms with E-state index in [9.17, 15) is 4.79 Å². The lowest BCUT2D eigenvalue weighted by atomic mass is 10.1. The Kier molecular flexibility index (Phi) is 5.64. The number of rotatable bonds is 5. The van der Waals surface area contributed by atoms with Gasteiger partial charge in [-0.05, 0) is 49.9 Å². The van der Waals surface area contributed by atoms with E-state index >= 15 is 0 Å². The maximum atomic E-state index is 12.8. The average Bonchev–Trinajstić information content (AvgIpc) is 2.53. The van der Waals surface area contributed by atoms with E-state index in [0.29, 0.717) is 0 Å². The Bertz CT molecular complexity index is 769. The largest absolute Gasteiger partial charge is 0.370 e. The molecule has 132 valence electrons. The molecular weight excluding hydrogens is 314 g/mol. The Balaban J connectivity index is 2.31. The quantitative estimate of drug-likeness (QED) is 0.496. The predicted molar refractivity (Wildman–Crippen MR) is 104 cm³/mol. The minimum absolute atomic E-state index is 0.152. The number of nitrogens with one attached hydrogen (secondary N) is 2. The minimum atomic E-state index is -0.927. The van der Waals surface area contributed by atoms with Crippen LogP contribution in [0.25, 0.3) is 0 Å². The van der Waals surface area contributed by atoms with E-state index in [1.54, 1.807) is 0 Å². The number of hydrogen-bond acceptors (Lipinski definition) is 3. The van der Waals surface area contributed by atoms with Crippen LogP contribution in [0.3, 0.4) is 0 Å². The molecule has 0 fully saturated rings. The number of para-hydroxylation sites is 2. The van der Waals surface area contributed by atoms with Gasteiger partial charge in [-0.15, -0.1) is 0 Å². The molecule has 0 aliphatic heterocycles. The Morgan fingerprint density at radius 3 is 1.76 bits per heavy atom. The molecule has 2 aromatic rings. The van der Waals surface area contributed by atoms with Crippen LogP contribution in [0.15, 0.2) is 41.4 Å². The van der Waals surface area contributed by atoms with Gasteiger partial charge >= 0.3 is 0 Å². The highest BCUT2D eigenvalue weighted by Gasteiger charge is 2.20. The molecule has 1 unspecified atom stereocenters. The molecule has 0 radical (unpaired) electrons. The molecule has 2 rings (SSSR count). The van der Waals surface area contributed by atoms with Crippen LogP contribution in [0, 0.1) is 27.7 Å². The first-order valence-corrected chi connectivity index (χ1v) is 8.08. The molecule has 2 aromatic carbocycles. The van der Waals surface area contributed by atoms with Crippen LogP contribution in [0.2, 0.25) is 0 Å². The Morgan fingerprint density at radius 1 is 0.880 bits per heavy atom. The topological polar surface area (TPSA) is 106 Å². The molecule has 6 heteroatoms. The summed E-state index contributed by atoms with van der Waals surface area (Å²) in [5.74, 6) is -0.478. The highest BCUT2D eigenvalue weighted by Crippen LogP contribution is 2.23. The van der Waals surface area contributed by atoms with Crippen LogP contribution in [-0.2, 0) is 4.79 Å². The number of amides is 1. The predicted octanol–water partition coefficient (Wildman–Crippen LogP) is 2.57. The van der Waals surface area contributed by atoms with E-state index in [1.807, 2.05) is 64.1 Å². The summed E-state index contributed by atoms with van der Waals surface area (Å²) in [5, 5.41) is 6.07. The maximum Gasteiger partial charge on any atom is 0.269 e. The van der Waals surface area contributed by atoms with Crippen molar-refractivity contribution in [1.29, 1.82) is 0 Å². The summed E-state index contributed by atoms with van der Waals surface area (Å²) in [5.41, 5.74) is 16.6. The van der Waals surface area contributed by atoms with Gasteiger partial charge in [0.25, 0.3) is 5.91 Å². The Labute approximate surface area is 148 Å². The molecule has 1 atom stereocenters. The Hall–Kier alpha value is -3.02. The number of hydrogen-bond donors (Lipinski definition) is 4. The molecule has 0 saturated carbocycles. The van der Waals surface area contributed by atoms with Crippen molar-refractivity contribution in [2.45, 2.75) is 33.9 Å². The molecule has 0 spiro atoms. The van der Waals surface area contributed by atoms with Gasteiger partial charge in [-0.2, -0.15) is 0 Å². The van der Waals surface area contributed by atoms with Gasteiger partial charge < -0.3 is 22.1 Å². The van der Waals surface area contributed by atoms with Crippen molar-refractivity contribution in [3.63, 3.8) is 0 Å². The van der Waals surface area contributed by atoms with Crippen LogP contribution >= 0.6 is 0 Å². The summed E-state index contributed by atoms with van der Waals surface area (Å²) < 4.78 is 0. The van der Waals surface area contributed by atoms with E-state index in [2.05, 4.69) is 15.6 Å². The number of anilines is 2. The number of nitrogens with zero attached hydrogens (tertiary/aromatic N) is 1. The molecule has 6 nitrogen and oxygen atoms in total. The van der Waals surface area contributed by atoms with E-state index in [0.717, 1.165) is 33.6 Å². The molecule has 0 heterocycles. The third-order valence-corrected chi connectivity index (χ3v) is 4.02. The van der Waals surface area contributed by atoms with E-state index in [1.165, 1.54) is 0 Å². The van der Waals surface area contributed by atoms with Gasteiger partial charge in [0.15, 0.2) is 5.96 Å². The van der Waals surface area contributed by atoms with E-state index in [-0.39, 0.29) is 11.9 Å². The lowest BCUT2D eigenvalue weighted by Crippen LogP contribution is -2.37. The number of guanidine groups is 1. The van der Waals surface area contributed by atoms with E-state index in [4.69, 9.17) is 11.5 Å². The second-order valence-corrected chi connectivity index (χ2v) is 6.12. The van der Waals surface area contributed by atoms with Gasteiger partial charge in [-0.3, -0.25) is 4.79 Å². The first-order valence-electron chi connectivity index (χ1n) is 8.08. The minimum Gasteiger partial charge on any atom is -0.370 e. The number of carbonyl (C=O) groups excluding carboxylic acids is 1. The molecule has 0 aliphatic carbocycles. The summed E-state index contributed by atoms with van der Waals surface area (Å²) in [6, 6.07) is 11.7. The van der Waals surface area contributed by atoms with Crippen LogP contribution in [0.4, 0.5) is 11.4 Å². The van der Waals surface area contributed by atoms with Crippen molar-refractivity contribution in [3.8, 4) is 0 Å². The Morgan fingerprint density at radius 2 is 1.32 bits per heavy atom. The lowest BCUT2D eigenvalue weighted by molar-refractivity contribution is -0.116. The zero-order valence-electron chi connectivity index (χ0n) is 15.1. The molecule has 25 heavy (non-hydrogen) atoms. The molecular formula is C19H25N5O. The van der Waals surface area contributed by atoms with Crippen molar-refractivity contribution in [2.75, 3.05) is 10.6 Å². The molecule has 0 aliphatic rings. The van der Waals surface area contributed by atoms with Gasteiger partial charge in [0.1, 0.15) is 0 Å². The van der Waals surface area contributed by atoms with Gasteiger partial charge in [-0.1, -0.05) is 36.4 Å². The van der Waals surface area contributed by atoms with Crippen molar-refractivity contribution in [2.24, 2.45) is 16.5 Å². The summed E-state index contributed by atoms with van der Waals surface area (Å²) in [7, 11) is 0. The standard InChI is InChI=1S/C19H25N5O/c1-11-7-5-8-12(2)15(11)22-17(24-19(20)21)18(25)23-16-13(3)9-6-10-14(16)4/h5-10,17,22H,1-4H3,(H,23,25)(H4,20,21,24). The van der Waals surface area contributed by atoms with Gasteiger partial charge in [0, 0.05) is 11.4 Å². The number of nitrogens with two attached hydrogens (primary N) is 2. The molecule has 0 aromatic heterocycles. The summed E-state index contributed by atoms with van der Waals surface area (Å²) in [6.45, 7) is 7.81. The van der Waals surface area contributed by atoms with Crippen molar-refractivity contribution < 1.29 is 4.79 Å². The zero-order chi connectivity index (χ0) is 18.6. The van der Waals surface area contributed by atoms with Gasteiger partial charge in [-0.25, -0.2) is 4.99 Å². The highest BCUT2D eigenvalue weighted by atomic mass is 16.2. The zero-order valence-corrected chi connectivity index (χ0v) is 15.1. The van der Waals surface area contributed by atoms with E-state index < -0.39 is 6.17 Å². The molecule has 6 N–H and O–H groups in total. The number of benzene rings is 2. The molecule has 0 saturated heterocycles. The first kappa shape index (κ1) is 18.3. The number of aryl methyl sites for hydroxylation is 4. The fraction of sp³-hybridized carbons (Fsp3) is 0.263. The van der Waals surface area contributed by atoms with Crippen LogP contribution < -0.4 is 22.1 Å². The van der Waals surface area contributed by atoms with Gasteiger partial charge in [0.2, 0.25) is 6.17 Å². The third kappa shape index (κ3) is 4.50. The second-order valence-electron chi connectivity index (χ2n) is 6.12. The van der Waals surface area contributed by atoms with Crippen LogP contribution in [0.1, 0.15) is 22.3 Å².